The Kier molecular flexibility index (Phi) is 5.79. The van der Waals surface area contributed by atoms with Crippen molar-refractivity contribution in [2.24, 2.45) is 0 Å². The largest absolute Gasteiger partial charge is 0.289 e. The molecule has 176 valence electrons. The molecule has 8 heteroatoms. The van der Waals surface area contributed by atoms with Crippen LogP contribution in [0.5, 0.6) is 0 Å². The maximum atomic E-state index is 13.1. The average molecular weight is 461 g/mol. The first-order valence-electron chi connectivity index (χ1n) is 11.7. The lowest BCUT2D eigenvalue weighted by Crippen LogP contribution is -2.56. The smallest absolute Gasteiger partial charge is 0.251 e. The van der Waals surface area contributed by atoms with Crippen molar-refractivity contribution in [2.75, 3.05) is 36.0 Å². The van der Waals surface area contributed by atoms with Crippen molar-refractivity contribution in [2.45, 2.75) is 38.8 Å². The van der Waals surface area contributed by atoms with Gasteiger partial charge in [-0.25, -0.2) is 9.80 Å². The highest BCUT2D eigenvalue weighted by atomic mass is 16.2. The second-order valence-corrected chi connectivity index (χ2v) is 9.32. The lowest BCUT2D eigenvalue weighted by molar-refractivity contribution is -0.126. The van der Waals surface area contributed by atoms with Gasteiger partial charge in [0.1, 0.15) is 0 Å². The molecule has 2 atom stereocenters. The third-order valence-electron chi connectivity index (χ3n) is 7.06. The number of aryl methyl sites for hydroxylation is 2. The number of hydrogen-bond acceptors (Lipinski definition) is 6. The van der Waals surface area contributed by atoms with Crippen molar-refractivity contribution in [1.29, 1.82) is 0 Å². The van der Waals surface area contributed by atoms with Gasteiger partial charge in [0.2, 0.25) is 11.8 Å². The SMILES string of the molecule is Cc1ccc(N2C(=O)C[C@@H](N3CCN([C@H]4CC(=O)N(c5ccc(C)cc5)C4=O)CC3)C2=O)cc1. The lowest BCUT2D eigenvalue weighted by Gasteiger charge is -2.38. The van der Waals surface area contributed by atoms with E-state index in [1.54, 1.807) is 24.3 Å². The van der Waals surface area contributed by atoms with E-state index in [0.29, 0.717) is 37.6 Å². The van der Waals surface area contributed by atoms with Gasteiger partial charge in [-0.2, -0.15) is 0 Å². The minimum atomic E-state index is -0.485. The van der Waals surface area contributed by atoms with E-state index in [1.165, 1.54) is 9.80 Å². The number of carbonyl (C=O) groups is 4. The minimum Gasteiger partial charge on any atom is -0.289 e. The zero-order chi connectivity index (χ0) is 24.0. The van der Waals surface area contributed by atoms with Gasteiger partial charge in [0.25, 0.3) is 11.8 Å². The van der Waals surface area contributed by atoms with E-state index in [9.17, 15) is 19.2 Å². The van der Waals surface area contributed by atoms with E-state index in [0.717, 1.165) is 11.1 Å². The Morgan fingerprint density at radius 2 is 0.882 bits per heavy atom. The van der Waals surface area contributed by atoms with Crippen LogP contribution >= 0.6 is 0 Å². The molecule has 3 heterocycles. The van der Waals surface area contributed by atoms with Crippen molar-refractivity contribution in [1.82, 2.24) is 9.80 Å². The molecule has 0 bridgehead atoms. The number of amides is 4. The fourth-order valence-electron chi connectivity index (χ4n) is 5.09. The van der Waals surface area contributed by atoms with Crippen LogP contribution in [-0.2, 0) is 19.2 Å². The van der Waals surface area contributed by atoms with Crippen LogP contribution in [0.15, 0.2) is 48.5 Å². The number of anilines is 2. The van der Waals surface area contributed by atoms with Gasteiger partial charge < -0.3 is 0 Å². The van der Waals surface area contributed by atoms with E-state index < -0.39 is 12.1 Å². The third-order valence-corrected chi connectivity index (χ3v) is 7.06. The first-order chi connectivity index (χ1) is 16.3. The average Bonchev–Trinajstić information content (AvgIpc) is 3.29. The number of benzene rings is 2. The highest BCUT2D eigenvalue weighted by Gasteiger charge is 2.46. The van der Waals surface area contributed by atoms with Crippen LogP contribution in [0, 0.1) is 13.8 Å². The van der Waals surface area contributed by atoms with Crippen molar-refractivity contribution in [3.8, 4) is 0 Å². The number of piperazine rings is 1. The summed E-state index contributed by atoms with van der Waals surface area (Å²) in [6.07, 6.45) is 0.323. The molecule has 0 aromatic heterocycles. The molecule has 2 aromatic carbocycles. The topological polar surface area (TPSA) is 81.2 Å². The molecule has 0 N–H and O–H groups in total. The first-order valence-corrected chi connectivity index (χ1v) is 11.7. The summed E-state index contributed by atoms with van der Waals surface area (Å²) in [5.41, 5.74) is 3.34. The van der Waals surface area contributed by atoms with E-state index in [-0.39, 0.29) is 36.5 Å². The molecular weight excluding hydrogens is 432 g/mol. The Labute approximate surface area is 198 Å². The molecule has 3 aliphatic rings. The monoisotopic (exact) mass is 460 g/mol. The molecule has 0 radical (unpaired) electrons. The molecule has 8 nitrogen and oxygen atoms in total. The van der Waals surface area contributed by atoms with E-state index >= 15 is 0 Å². The van der Waals surface area contributed by atoms with Gasteiger partial charge in [0.15, 0.2) is 0 Å². The second-order valence-electron chi connectivity index (χ2n) is 9.32. The Morgan fingerprint density at radius 1 is 0.559 bits per heavy atom. The van der Waals surface area contributed by atoms with Crippen LogP contribution in [0.3, 0.4) is 0 Å². The van der Waals surface area contributed by atoms with Gasteiger partial charge in [-0.3, -0.25) is 29.0 Å². The van der Waals surface area contributed by atoms with Crippen LogP contribution in [0.1, 0.15) is 24.0 Å². The standard InChI is InChI=1S/C26H28N4O4/c1-17-3-7-19(8-4-17)29-23(31)15-21(25(29)33)27-11-13-28(14-12-27)22-16-24(32)30(26(22)34)20-9-5-18(2)6-10-20/h3-10,21-22H,11-16H2,1-2H3/t21-,22+. The quantitative estimate of drug-likeness (QED) is 0.649. The predicted octanol–water partition coefficient (Wildman–Crippen LogP) is 1.89. The van der Waals surface area contributed by atoms with Gasteiger partial charge in [0, 0.05) is 26.2 Å². The number of carbonyl (C=O) groups excluding carboxylic acids is 4. The predicted molar refractivity (Wildman–Crippen MR) is 127 cm³/mol. The van der Waals surface area contributed by atoms with Crippen molar-refractivity contribution in [3.63, 3.8) is 0 Å². The Balaban J connectivity index is 1.23. The summed E-state index contributed by atoms with van der Waals surface area (Å²) >= 11 is 0. The van der Waals surface area contributed by atoms with E-state index in [2.05, 4.69) is 0 Å². The fourth-order valence-corrected chi connectivity index (χ4v) is 5.09. The summed E-state index contributed by atoms with van der Waals surface area (Å²) < 4.78 is 0. The molecule has 34 heavy (non-hydrogen) atoms. The molecule has 0 unspecified atom stereocenters. The molecular formula is C26H28N4O4. The highest BCUT2D eigenvalue weighted by molar-refractivity contribution is 6.23. The van der Waals surface area contributed by atoms with Crippen LogP contribution < -0.4 is 9.80 Å². The molecule has 3 saturated heterocycles. The molecule has 2 aromatic rings. The zero-order valence-electron chi connectivity index (χ0n) is 19.4. The van der Waals surface area contributed by atoms with Gasteiger partial charge in [0.05, 0.1) is 36.3 Å². The molecule has 0 saturated carbocycles. The van der Waals surface area contributed by atoms with Crippen LogP contribution in [0.25, 0.3) is 0 Å². The molecule has 4 amide bonds. The van der Waals surface area contributed by atoms with Gasteiger partial charge >= 0.3 is 0 Å². The van der Waals surface area contributed by atoms with Gasteiger partial charge in [-0.1, -0.05) is 35.4 Å². The first kappa shape index (κ1) is 22.4. The maximum absolute atomic E-state index is 13.1. The molecule has 0 spiro atoms. The summed E-state index contributed by atoms with van der Waals surface area (Å²) in [5.74, 6) is -0.766. The summed E-state index contributed by atoms with van der Waals surface area (Å²) in [5, 5.41) is 0. The van der Waals surface area contributed by atoms with Crippen molar-refractivity contribution >= 4 is 35.0 Å². The Bertz CT molecular complexity index is 1040. The van der Waals surface area contributed by atoms with Crippen molar-refractivity contribution < 1.29 is 19.2 Å². The number of rotatable bonds is 4. The zero-order valence-corrected chi connectivity index (χ0v) is 19.4. The van der Waals surface area contributed by atoms with Crippen LogP contribution in [-0.4, -0.2) is 71.7 Å². The summed E-state index contributed by atoms with van der Waals surface area (Å²) in [6, 6.07) is 13.8. The number of nitrogens with zero attached hydrogens (tertiary/aromatic N) is 4. The molecule has 3 fully saturated rings. The minimum absolute atomic E-state index is 0.161. The van der Waals surface area contributed by atoms with Crippen LogP contribution in [0.2, 0.25) is 0 Å². The number of hydrogen-bond donors (Lipinski definition) is 0. The third kappa shape index (κ3) is 3.93. The van der Waals surface area contributed by atoms with Gasteiger partial charge in [-0.05, 0) is 38.1 Å². The Morgan fingerprint density at radius 3 is 1.21 bits per heavy atom. The second kappa shape index (κ2) is 8.77. The maximum Gasteiger partial charge on any atom is 0.251 e. The normalized spacial score (nSPS) is 24.5. The Hall–Kier alpha value is -3.36. The fraction of sp³-hybridized carbons (Fsp3) is 0.385. The molecule has 5 rings (SSSR count). The molecule has 3 aliphatic heterocycles. The van der Waals surface area contributed by atoms with Gasteiger partial charge in [-0.15, -0.1) is 0 Å². The van der Waals surface area contributed by atoms with Crippen LogP contribution in [0.4, 0.5) is 11.4 Å². The van der Waals surface area contributed by atoms with E-state index in [4.69, 9.17) is 0 Å². The van der Waals surface area contributed by atoms with Crippen molar-refractivity contribution in [3.05, 3.63) is 59.7 Å². The highest BCUT2D eigenvalue weighted by Crippen LogP contribution is 2.29. The summed E-state index contributed by atoms with van der Waals surface area (Å²) in [4.78, 5) is 58.1. The summed E-state index contributed by atoms with van der Waals surface area (Å²) in [6.45, 7) is 6.18. The summed E-state index contributed by atoms with van der Waals surface area (Å²) in [7, 11) is 0. The molecule has 0 aliphatic carbocycles. The van der Waals surface area contributed by atoms with E-state index in [1.807, 2.05) is 47.9 Å². The lowest BCUT2D eigenvalue weighted by atomic mass is 10.1. The number of imide groups is 2.